The first-order valence-corrected chi connectivity index (χ1v) is 34.7. The number of allylic oxidation sites excluding steroid dienone is 2. The molecule has 9 N–H and O–H groups in total. The summed E-state index contributed by atoms with van der Waals surface area (Å²) >= 11 is 9.95. The summed E-state index contributed by atoms with van der Waals surface area (Å²) in [6.45, 7) is 14.7. The number of benzene rings is 4. The molecule has 7 aromatic rings. The number of hydrogen-bond donors (Lipinski definition) is 9. The number of carbonyl (C=O) groups is 3. The summed E-state index contributed by atoms with van der Waals surface area (Å²) in [6, 6.07) is 17.1. The standard InChI is InChI=1S/C29H34N2O3.C24H32N2O4.C23H28BrClN2O3/c1-3-18-15-31-11-10-23-28-21(16-32)12-20(19-8-6-5-7-9-19)13-25(28)30-29(23)26(31)14-24(18)22(4-2)27(34)17-33;1-4-15-10-26-6-5-17-23-16(11-27)7-14(2)8-20(23)25-24(17)21(26)9-18(15)19(13-30-3)22(29)12-28;1-3-12-9-27-6-5-15-20-13(10-28)7-17(25)21(24)23(20)26-22(15)18(27)8-16(12)14(4-2)19(30)11-29/h4-9,12-13,18,24,26,30,32-33H,3,10-11,14-17H2,1-2H3;7-8,13,15,18,21,25,27-28H,4-6,9-12H2,1-3H3;4,7,12,16,18,26,28-29H,3,5-6,8-11H2,1-2H3/b22-4+;19-13+;14-4+/t18-,24+,26+;15-,18+,21+;12-,16+,18+/m111/s1/i26D;21D;18D. The van der Waals surface area contributed by atoms with Crippen LogP contribution in [0.3, 0.4) is 0 Å². The lowest BCUT2D eigenvalue weighted by Gasteiger charge is -2.46. The van der Waals surface area contributed by atoms with E-state index in [0.717, 1.165) is 176 Å². The molecule has 16 nitrogen and oxygen atoms in total. The van der Waals surface area contributed by atoms with Crippen molar-refractivity contribution in [2.45, 2.75) is 137 Å². The summed E-state index contributed by atoms with van der Waals surface area (Å²) in [5, 5.41) is 62.3. The Bertz CT molecular complexity index is 4220. The second-order valence-corrected chi connectivity index (χ2v) is 27.4. The molecular weight excluding hydrogens is 1270 g/mol. The molecule has 6 aliphatic rings. The largest absolute Gasteiger partial charge is 0.504 e. The van der Waals surface area contributed by atoms with E-state index in [9.17, 15) is 49.1 Å². The van der Waals surface area contributed by atoms with Crippen molar-refractivity contribution in [2.24, 2.45) is 35.5 Å². The maximum absolute atomic E-state index is 12.6. The SMILES string of the molecule is [2H][C@@]12C[C@H](/C(=C\C)C(=O)CO)[C@H](CC)CN1CCc1c2[nH]c2c(Br)c(Cl)cc(CO)c12.[2H][C@@]12C[C@H](/C(=C\C)C(=O)CO)[C@H](CC)CN1CCc1c2[nH]c2cc(-c3ccccc3)cc(CO)c12.[2H][C@@]12C[C@H](/C(=C\OC)C(=O)CO)[C@H](CC)CN1CCc1c2[nH]c2cc(C)cc(CO)c12. The topological polar surface area (TPSA) is 239 Å². The number of H-pyrrole nitrogens is 3. The maximum atomic E-state index is 12.6. The third-order valence-corrected chi connectivity index (χ3v) is 22.7. The highest BCUT2D eigenvalue weighted by Crippen LogP contribution is 2.51. The minimum atomic E-state index is -1.02. The quantitative estimate of drug-likeness (QED) is 0.0305. The lowest BCUT2D eigenvalue weighted by atomic mass is 9.73. The number of carbonyl (C=O) groups excluding carboxylic acids is 3. The zero-order valence-corrected chi connectivity index (χ0v) is 57.6. The number of rotatable bonds is 17. The second kappa shape index (κ2) is 30.1. The van der Waals surface area contributed by atoms with Crippen LogP contribution in [0.15, 0.2) is 100 Å². The van der Waals surface area contributed by atoms with Crippen LogP contribution < -0.4 is 0 Å². The van der Waals surface area contributed by atoms with Crippen molar-refractivity contribution in [1.29, 1.82) is 0 Å². The average Bonchev–Trinajstić information content (AvgIpc) is 1.63. The van der Waals surface area contributed by atoms with Gasteiger partial charge in [-0.1, -0.05) is 100 Å². The molecule has 9 heterocycles. The van der Waals surface area contributed by atoms with Gasteiger partial charge in [0, 0.05) is 89.1 Å². The van der Waals surface area contributed by atoms with Crippen LogP contribution in [0.5, 0.6) is 0 Å². The van der Waals surface area contributed by atoms with E-state index in [2.05, 4.69) is 96.7 Å². The number of piperidine rings is 3. The van der Waals surface area contributed by atoms with Crippen molar-refractivity contribution in [3.63, 3.8) is 0 Å². The number of aromatic nitrogens is 3. The summed E-state index contributed by atoms with van der Waals surface area (Å²) in [6.07, 6.45) is 11.6. The number of aliphatic hydroxyl groups excluding tert-OH is 6. The fourth-order valence-corrected chi connectivity index (χ4v) is 17.4. The number of ether oxygens (including phenoxy) is 1. The van der Waals surface area contributed by atoms with Crippen molar-refractivity contribution in [3.8, 4) is 11.1 Å². The number of hydrogen-bond acceptors (Lipinski definition) is 13. The van der Waals surface area contributed by atoms with Gasteiger partial charge < -0.3 is 50.3 Å². The minimum absolute atomic E-state index is 0.0382. The fraction of sp³-hybridized carbons (Fsp3) is 0.487. The zero-order valence-electron chi connectivity index (χ0n) is 58.2. The first-order chi connectivity index (χ1) is 46.6. The molecule has 502 valence electrons. The van der Waals surface area contributed by atoms with E-state index < -0.39 is 37.9 Å². The molecule has 13 rings (SSSR count). The van der Waals surface area contributed by atoms with Crippen LogP contribution in [-0.4, -0.2) is 144 Å². The Hall–Kier alpha value is -6.06. The number of nitrogens with zero attached hydrogens (tertiary/aromatic N) is 3. The van der Waals surface area contributed by atoms with Crippen LogP contribution in [0, 0.1) is 42.4 Å². The molecule has 0 radical (unpaired) electrons. The van der Waals surface area contributed by atoms with Gasteiger partial charge in [-0.15, -0.1) is 0 Å². The molecule has 3 fully saturated rings. The van der Waals surface area contributed by atoms with E-state index >= 15 is 0 Å². The van der Waals surface area contributed by atoms with Crippen molar-refractivity contribution in [2.75, 3.05) is 66.2 Å². The van der Waals surface area contributed by atoms with E-state index in [0.29, 0.717) is 47.5 Å². The molecule has 3 aromatic heterocycles. The molecule has 18 heteroatoms. The third kappa shape index (κ3) is 13.1. The van der Waals surface area contributed by atoms with Gasteiger partial charge in [-0.05, 0) is 196 Å². The summed E-state index contributed by atoms with van der Waals surface area (Å²) in [5.74, 6) is -0.458. The number of halogens is 2. The predicted octanol–water partition coefficient (Wildman–Crippen LogP) is 12.3. The van der Waals surface area contributed by atoms with E-state index in [-0.39, 0.29) is 72.7 Å². The van der Waals surface area contributed by atoms with Crippen molar-refractivity contribution >= 4 is 77.6 Å². The van der Waals surface area contributed by atoms with E-state index in [1.54, 1.807) is 12.1 Å². The Morgan fingerprint density at radius 1 is 0.585 bits per heavy atom. The van der Waals surface area contributed by atoms with Gasteiger partial charge in [0.25, 0.3) is 0 Å². The molecule has 4 aromatic carbocycles. The number of methoxy groups -OCH3 is 1. The first kappa shape index (κ1) is 65.2. The molecule has 9 atom stereocenters. The van der Waals surface area contributed by atoms with Crippen LogP contribution in [-0.2, 0) is 58.2 Å². The molecule has 0 amide bonds. The molecule has 0 unspecified atom stereocenters. The van der Waals surface area contributed by atoms with Crippen molar-refractivity contribution in [3.05, 3.63) is 161 Å². The Morgan fingerprint density at radius 2 is 1.00 bits per heavy atom. The van der Waals surface area contributed by atoms with Gasteiger partial charge in [0.15, 0.2) is 17.3 Å². The Morgan fingerprint density at radius 3 is 1.44 bits per heavy atom. The van der Waals surface area contributed by atoms with E-state index in [1.807, 2.05) is 51.1 Å². The van der Waals surface area contributed by atoms with Gasteiger partial charge in [-0.25, -0.2) is 0 Å². The smallest absolute Gasteiger partial charge is 0.187 e. The van der Waals surface area contributed by atoms with Gasteiger partial charge in [-0.2, -0.15) is 0 Å². The van der Waals surface area contributed by atoms with Gasteiger partial charge in [-0.3, -0.25) is 29.1 Å². The molecule has 0 spiro atoms. The highest BCUT2D eigenvalue weighted by atomic mass is 79.9. The number of ketones is 3. The monoisotopic (exact) mass is 1370 g/mol. The van der Waals surface area contributed by atoms with Gasteiger partial charge in [0.1, 0.15) is 19.8 Å². The summed E-state index contributed by atoms with van der Waals surface area (Å²) in [7, 11) is 1.51. The summed E-state index contributed by atoms with van der Waals surface area (Å²) < 4.78 is 34.8. The van der Waals surface area contributed by atoms with E-state index in [1.165, 1.54) is 13.4 Å². The summed E-state index contributed by atoms with van der Waals surface area (Å²) in [4.78, 5) is 54.8. The number of aromatic amines is 3. The Kier molecular flexibility index (Phi) is 20.9. The highest BCUT2D eigenvalue weighted by molar-refractivity contribution is 9.10. The molecule has 6 aliphatic heterocycles. The third-order valence-electron chi connectivity index (χ3n) is 21.3. The average molecular weight is 1370 g/mol. The number of fused-ring (bicyclic) bond motifs is 15. The van der Waals surface area contributed by atoms with E-state index in [4.69, 9.17) is 16.3 Å². The molecular formula is C76H94BrClN6O10. The number of Topliss-reactive ketones (excluding diaryl/α,β-unsaturated/α-hetero) is 3. The lowest BCUT2D eigenvalue weighted by molar-refractivity contribution is -0.120. The van der Waals surface area contributed by atoms with Crippen LogP contribution >= 0.6 is 27.5 Å². The molecule has 0 bridgehead atoms. The molecule has 94 heavy (non-hydrogen) atoms. The van der Waals surface area contributed by atoms with Gasteiger partial charge in [0.2, 0.25) is 0 Å². The lowest BCUT2D eigenvalue weighted by Crippen LogP contribution is -2.47. The zero-order chi connectivity index (χ0) is 69.6. The van der Waals surface area contributed by atoms with Crippen LogP contribution in [0.25, 0.3) is 43.8 Å². The maximum Gasteiger partial charge on any atom is 0.187 e. The number of aliphatic hydroxyl groups is 6. The number of nitrogens with one attached hydrogen (secondary N) is 3. The molecule has 0 aliphatic carbocycles. The van der Waals surface area contributed by atoms with Crippen molar-refractivity contribution < 1.29 is 53.9 Å². The van der Waals surface area contributed by atoms with Crippen LogP contribution in [0.1, 0.15) is 151 Å². The van der Waals surface area contributed by atoms with Gasteiger partial charge >= 0.3 is 0 Å². The minimum Gasteiger partial charge on any atom is -0.504 e. The second-order valence-electron chi connectivity index (χ2n) is 26.2. The first-order valence-electron chi connectivity index (χ1n) is 35.1. The van der Waals surface area contributed by atoms with Crippen molar-refractivity contribution in [1.82, 2.24) is 29.7 Å². The Balaban J connectivity index is 0.000000148. The van der Waals surface area contributed by atoms with Gasteiger partial charge in [0.05, 0.1) is 70.4 Å². The van der Waals surface area contributed by atoms with Crippen LogP contribution in [0.2, 0.25) is 5.02 Å². The molecule has 0 saturated carbocycles. The Labute approximate surface area is 569 Å². The fourth-order valence-electron chi connectivity index (χ4n) is 16.8. The summed E-state index contributed by atoms with van der Waals surface area (Å²) in [5.41, 5.74) is 16.0. The normalized spacial score (nSPS) is 26.9. The molecule has 3 saturated heterocycles. The predicted molar refractivity (Wildman–Crippen MR) is 374 cm³/mol. The highest BCUT2D eigenvalue weighted by Gasteiger charge is 2.46. The van der Waals surface area contributed by atoms with Crippen LogP contribution in [0.4, 0.5) is 0 Å². The number of aryl methyl sites for hydroxylation is 1.